The fourth-order valence-electron chi connectivity index (χ4n) is 3.37. The molecule has 2 amide bonds. The summed E-state index contributed by atoms with van der Waals surface area (Å²) >= 11 is 0. The molecule has 1 aromatic carbocycles. The topological polar surface area (TPSA) is 44.8 Å². The number of morpholine rings is 1. The van der Waals surface area contributed by atoms with E-state index in [0.717, 1.165) is 52.1 Å². The second kappa shape index (κ2) is 8.49. The Morgan fingerprint density at radius 3 is 2.62 bits per heavy atom. The molecule has 1 unspecified atom stereocenters. The molecule has 0 spiro atoms. The number of benzene rings is 1. The summed E-state index contributed by atoms with van der Waals surface area (Å²) in [4.78, 5) is 16.9. The molecule has 2 fully saturated rings. The number of carbonyl (C=O) groups is 1. The van der Waals surface area contributed by atoms with Crippen molar-refractivity contribution in [1.82, 2.24) is 15.1 Å². The van der Waals surface area contributed by atoms with Gasteiger partial charge in [0.1, 0.15) is 0 Å². The first kappa shape index (κ1) is 17.2. The zero-order valence-corrected chi connectivity index (χ0v) is 14.6. The minimum atomic E-state index is 0.0638. The average molecular weight is 331 g/mol. The summed E-state index contributed by atoms with van der Waals surface area (Å²) in [6.45, 7) is 4.34. The van der Waals surface area contributed by atoms with Crippen molar-refractivity contribution in [3.8, 4) is 0 Å². The van der Waals surface area contributed by atoms with Crippen LogP contribution in [0.1, 0.15) is 24.8 Å². The van der Waals surface area contributed by atoms with E-state index in [1.165, 1.54) is 12.0 Å². The van der Waals surface area contributed by atoms with Gasteiger partial charge in [-0.3, -0.25) is 4.90 Å². The molecule has 1 atom stereocenters. The Bertz CT molecular complexity index is 513. The van der Waals surface area contributed by atoms with E-state index in [2.05, 4.69) is 34.5 Å². The van der Waals surface area contributed by atoms with Gasteiger partial charge in [0.05, 0.1) is 13.2 Å². The first-order valence-electron chi connectivity index (χ1n) is 9.10. The van der Waals surface area contributed by atoms with Crippen molar-refractivity contribution in [3.63, 3.8) is 0 Å². The van der Waals surface area contributed by atoms with Crippen LogP contribution in [0.5, 0.6) is 0 Å². The van der Waals surface area contributed by atoms with E-state index in [0.29, 0.717) is 6.04 Å². The molecule has 3 rings (SSSR count). The molecule has 1 aliphatic heterocycles. The van der Waals surface area contributed by atoms with E-state index >= 15 is 0 Å². The van der Waals surface area contributed by atoms with Gasteiger partial charge in [-0.2, -0.15) is 0 Å². The van der Waals surface area contributed by atoms with Crippen molar-refractivity contribution < 1.29 is 9.53 Å². The van der Waals surface area contributed by atoms with Crippen LogP contribution in [0.3, 0.4) is 0 Å². The highest BCUT2D eigenvalue weighted by Crippen LogP contribution is 2.23. The summed E-state index contributed by atoms with van der Waals surface area (Å²) in [5.74, 6) is 0. The minimum absolute atomic E-state index is 0.0638. The van der Waals surface area contributed by atoms with Crippen LogP contribution < -0.4 is 5.32 Å². The maximum absolute atomic E-state index is 12.6. The number of carbonyl (C=O) groups excluding carboxylic acids is 1. The lowest BCUT2D eigenvalue weighted by atomic mass is 9.92. The third-order valence-electron chi connectivity index (χ3n) is 5.18. The fraction of sp³-hybridized carbons (Fsp3) is 0.632. The van der Waals surface area contributed by atoms with Crippen molar-refractivity contribution in [3.05, 3.63) is 35.9 Å². The molecule has 1 aromatic rings. The van der Waals surface area contributed by atoms with Gasteiger partial charge in [-0.15, -0.1) is 0 Å². The highest BCUT2D eigenvalue weighted by Gasteiger charge is 2.27. The van der Waals surface area contributed by atoms with Crippen LogP contribution in [0, 0.1) is 0 Å². The van der Waals surface area contributed by atoms with Gasteiger partial charge >= 0.3 is 6.03 Å². The van der Waals surface area contributed by atoms with Gasteiger partial charge in [-0.25, -0.2) is 4.79 Å². The Hall–Kier alpha value is -1.59. The molecule has 1 N–H and O–H groups in total. The number of hydrogen-bond acceptors (Lipinski definition) is 3. The molecule has 1 saturated heterocycles. The fourth-order valence-corrected chi connectivity index (χ4v) is 3.37. The largest absolute Gasteiger partial charge is 0.379 e. The summed E-state index contributed by atoms with van der Waals surface area (Å²) in [7, 11) is 1.92. The van der Waals surface area contributed by atoms with Crippen LogP contribution in [0.4, 0.5) is 4.79 Å². The van der Waals surface area contributed by atoms with Crippen molar-refractivity contribution >= 4 is 6.03 Å². The summed E-state index contributed by atoms with van der Waals surface area (Å²) in [6.07, 6.45) is 4.37. The quantitative estimate of drug-likeness (QED) is 0.868. The Kier molecular flexibility index (Phi) is 6.10. The van der Waals surface area contributed by atoms with Gasteiger partial charge in [0.2, 0.25) is 0 Å². The lowest BCUT2D eigenvalue weighted by molar-refractivity contribution is 0.0336. The minimum Gasteiger partial charge on any atom is -0.379 e. The Morgan fingerprint density at radius 1 is 1.29 bits per heavy atom. The van der Waals surface area contributed by atoms with Gasteiger partial charge in [-0.1, -0.05) is 30.3 Å². The molecule has 5 nitrogen and oxygen atoms in total. The van der Waals surface area contributed by atoms with Crippen molar-refractivity contribution in [1.29, 1.82) is 0 Å². The number of urea groups is 1. The van der Waals surface area contributed by atoms with Crippen LogP contribution in [0.2, 0.25) is 0 Å². The summed E-state index contributed by atoms with van der Waals surface area (Å²) in [6, 6.07) is 11.0. The molecule has 2 aliphatic rings. The summed E-state index contributed by atoms with van der Waals surface area (Å²) in [5.41, 5.74) is 1.27. The van der Waals surface area contributed by atoms with Gasteiger partial charge in [-0.05, 0) is 31.2 Å². The second-order valence-electron chi connectivity index (χ2n) is 6.94. The molecule has 24 heavy (non-hydrogen) atoms. The third-order valence-corrected chi connectivity index (χ3v) is 5.18. The number of ether oxygens (including phenoxy) is 1. The number of rotatable bonds is 6. The van der Waals surface area contributed by atoms with E-state index in [1.807, 2.05) is 18.0 Å². The predicted octanol–water partition coefficient (Wildman–Crippen LogP) is 2.12. The van der Waals surface area contributed by atoms with Crippen molar-refractivity contribution in [2.45, 2.75) is 37.8 Å². The number of nitrogens with one attached hydrogen (secondary N) is 1. The lowest BCUT2D eigenvalue weighted by Gasteiger charge is -2.37. The lowest BCUT2D eigenvalue weighted by Crippen LogP contribution is -2.53. The summed E-state index contributed by atoms with van der Waals surface area (Å²) in [5, 5.41) is 3.27. The van der Waals surface area contributed by atoms with Gasteiger partial charge in [0.25, 0.3) is 0 Å². The smallest absolute Gasteiger partial charge is 0.317 e. The Labute approximate surface area is 145 Å². The third kappa shape index (κ3) is 4.71. The molecule has 0 radical (unpaired) electrons. The van der Waals surface area contributed by atoms with E-state index in [9.17, 15) is 4.79 Å². The van der Waals surface area contributed by atoms with Gasteiger partial charge in [0, 0.05) is 38.8 Å². The summed E-state index contributed by atoms with van der Waals surface area (Å²) < 4.78 is 5.44. The Balaban J connectivity index is 1.60. The number of nitrogens with zero attached hydrogens (tertiary/aromatic N) is 2. The van der Waals surface area contributed by atoms with Crippen molar-refractivity contribution in [2.24, 2.45) is 0 Å². The van der Waals surface area contributed by atoms with E-state index in [1.54, 1.807) is 0 Å². The van der Waals surface area contributed by atoms with Gasteiger partial charge < -0.3 is 15.0 Å². The maximum Gasteiger partial charge on any atom is 0.317 e. The van der Waals surface area contributed by atoms with Crippen LogP contribution in [0.15, 0.2) is 30.3 Å². The highest BCUT2D eigenvalue weighted by molar-refractivity contribution is 5.74. The molecular formula is C19H29N3O2. The zero-order chi connectivity index (χ0) is 16.8. The molecule has 5 heteroatoms. The number of amides is 2. The normalized spacial score (nSPS) is 20.2. The van der Waals surface area contributed by atoms with E-state index in [4.69, 9.17) is 4.74 Å². The number of hydrogen-bond donors (Lipinski definition) is 1. The second-order valence-corrected chi connectivity index (χ2v) is 6.94. The van der Waals surface area contributed by atoms with Crippen LogP contribution in [-0.4, -0.2) is 67.8 Å². The first-order chi connectivity index (χ1) is 11.7. The molecule has 1 aliphatic carbocycles. The molecule has 1 heterocycles. The van der Waals surface area contributed by atoms with Gasteiger partial charge in [0.15, 0.2) is 0 Å². The molecule has 0 bridgehead atoms. The van der Waals surface area contributed by atoms with E-state index in [-0.39, 0.29) is 12.1 Å². The predicted molar refractivity (Wildman–Crippen MR) is 95.1 cm³/mol. The van der Waals surface area contributed by atoms with Crippen LogP contribution >= 0.6 is 0 Å². The van der Waals surface area contributed by atoms with Crippen molar-refractivity contribution in [2.75, 3.05) is 39.9 Å². The van der Waals surface area contributed by atoms with E-state index < -0.39 is 0 Å². The molecule has 1 saturated carbocycles. The molecule has 132 valence electrons. The molecular weight excluding hydrogens is 302 g/mol. The monoisotopic (exact) mass is 331 g/mol. The maximum atomic E-state index is 12.6. The highest BCUT2D eigenvalue weighted by atomic mass is 16.5. The van der Waals surface area contributed by atoms with Crippen LogP contribution in [-0.2, 0) is 11.2 Å². The average Bonchev–Trinajstić information content (AvgIpc) is 2.55. The SMILES string of the molecule is CN(C(=O)NC(Cc1ccccc1)CN1CCOCC1)C1CCC1. The Morgan fingerprint density at radius 2 is 2.00 bits per heavy atom. The molecule has 0 aromatic heterocycles. The first-order valence-corrected chi connectivity index (χ1v) is 9.10. The standard InChI is InChI=1S/C19H29N3O2/c1-21(18-8-5-9-18)19(23)20-17(14-16-6-3-2-4-7-16)15-22-10-12-24-13-11-22/h2-4,6-7,17-18H,5,8-15H2,1H3,(H,20,23). The van der Waals surface area contributed by atoms with Crippen LogP contribution in [0.25, 0.3) is 0 Å². The zero-order valence-electron chi connectivity index (χ0n) is 14.6.